The number of thiophene rings is 1. The molecule has 88 valence electrons. The number of hydrogen-bond donors (Lipinski definition) is 0. The molecule has 0 radical (unpaired) electrons. The number of ether oxygens (including phenoxy) is 1. The van der Waals surface area contributed by atoms with Gasteiger partial charge in [0.15, 0.2) is 0 Å². The van der Waals surface area contributed by atoms with Gasteiger partial charge in [-0.05, 0) is 30.9 Å². The summed E-state index contributed by atoms with van der Waals surface area (Å²) in [6.45, 7) is 7.77. The molecule has 0 N–H and O–H groups in total. The molecule has 0 bridgehead atoms. The molecule has 0 fully saturated rings. The molecule has 0 aliphatic rings. The standard InChI is InChI=1S/C13H18O2S/c1-4-5-12-6-7-13(16-12)8-10(2)9-15-11(3)14/h4,6-7,10H,1,5,8-9H2,2-3H3/t10-/m1/s1. The van der Waals surface area contributed by atoms with Crippen LogP contribution in [0.5, 0.6) is 0 Å². The SMILES string of the molecule is C=CCc1ccc(C[C@@H](C)COC(C)=O)s1. The van der Waals surface area contributed by atoms with Crippen LogP contribution in [0.4, 0.5) is 0 Å². The number of carbonyl (C=O) groups is 1. The van der Waals surface area contributed by atoms with Gasteiger partial charge in [-0.25, -0.2) is 0 Å². The summed E-state index contributed by atoms with van der Waals surface area (Å²) >= 11 is 1.81. The van der Waals surface area contributed by atoms with Crippen molar-refractivity contribution < 1.29 is 9.53 Å². The molecule has 0 spiro atoms. The second-order valence-corrected chi connectivity index (χ2v) is 5.23. The zero-order valence-electron chi connectivity index (χ0n) is 9.86. The van der Waals surface area contributed by atoms with E-state index in [4.69, 9.17) is 4.74 Å². The normalized spacial score (nSPS) is 12.1. The third kappa shape index (κ3) is 4.62. The highest BCUT2D eigenvalue weighted by atomic mass is 32.1. The lowest BCUT2D eigenvalue weighted by molar-refractivity contribution is -0.142. The van der Waals surface area contributed by atoms with Crippen LogP contribution < -0.4 is 0 Å². The van der Waals surface area contributed by atoms with E-state index in [0.29, 0.717) is 12.5 Å². The summed E-state index contributed by atoms with van der Waals surface area (Å²) in [7, 11) is 0. The molecule has 0 amide bonds. The first-order valence-electron chi connectivity index (χ1n) is 5.43. The van der Waals surface area contributed by atoms with Crippen molar-refractivity contribution in [2.45, 2.75) is 26.7 Å². The highest BCUT2D eigenvalue weighted by Crippen LogP contribution is 2.20. The molecule has 1 aromatic heterocycles. The van der Waals surface area contributed by atoms with Crippen molar-refractivity contribution in [3.63, 3.8) is 0 Å². The lowest BCUT2D eigenvalue weighted by Gasteiger charge is -2.09. The summed E-state index contributed by atoms with van der Waals surface area (Å²) < 4.78 is 4.98. The number of allylic oxidation sites excluding steroid dienone is 1. The Hall–Kier alpha value is -1.09. The fraction of sp³-hybridized carbons (Fsp3) is 0.462. The van der Waals surface area contributed by atoms with Crippen LogP contribution in [0.1, 0.15) is 23.6 Å². The van der Waals surface area contributed by atoms with Crippen LogP contribution in [0.15, 0.2) is 24.8 Å². The largest absolute Gasteiger partial charge is 0.466 e. The van der Waals surface area contributed by atoms with Crippen LogP contribution in [0.3, 0.4) is 0 Å². The second-order valence-electron chi connectivity index (χ2n) is 3.97. The molecule has 0 aromatic carbocycles. The summed E-state index contributed by atoms with van der Waals surface area (Å²) in [4.78, 5) is 13.3. The number of rotatable bonds is 6. The van der Waals surface area contributed by atoms with Crippen molar-refractivity contribution in [3.05, 3.63) is 34.5 Å². The van der Waals surface area contributed by atoms with Crippen LogP contribution in [0.2, 0.25) is 0 Å². The van der Waals surface area contributed by atoms with Gasteiger partial charge in [0.25, 0.3) is 0 Å². The van der Waals surface area contributed by atoms with Crippen molar-refractivity contribution in [2.24, 2.45) is 5.92 Å². The average Bonchev–Trinajstić information content (AvgIpc) is 2.63. The Balaban J connectivity index is 2.39. The molecule has 1 heterocycles. The first-order valence-corrected chi connectivity index (χ1v) is 6.25. The summed E-state index contributed by atoms with van der Waals surface area (Å²) in [5.41, 5.74) is 0. The molecule has 0 aliphatic carbocycles. The molecule has 2 nitrogen and oxygen atoms in total. The van der Waals surface area contributed by atoms with Crippen LogP contribution in [-0.4, -0.2) is 12.6 Å². The van der Waals surface area contributed by atoms with E-state index in [1.165, 1.54) is 16.7 Å². The van der Waals surface area contributed by atoms with Crippen molar-refractivity contribution in [2.75, 3.05) is 6.61 Å². The minimum atomic E-state index is -0.203. The van der Waals surface area contributed by atoms with E-state index in [0.717, 1.165) is 12.8 Å². The first kappa shape index (κ1) is 13.0. The maximum absolute atomic E-state index is 10.7. The highest BCUT2D eigenvalue weighted by Gasteiger charge is 2.07. The van der Waals surface area contributed by atoms with Crippen LogP contribution in [-0.2, 0) is 22.4 Å². The molecule has 3 heteroatoms. The van der Waals surface area contributed by atoms with Gasteiger partial charge in [0.05, 0.1) is 6.61 Å². The van der Waals surface area contributed by atoms with Gasteiger partial charge in [-0.3, -0.25) is 4.79 Å². The van der Waals surface area contributed by atoms with E-state index in [1.807, 2.05) is 17.4 Å². The molecule has 0 saturated carbocycles. The summed E-state index contributed by atoms with van der Waals surface area (Å²) in [6.07, 6.45) is 3.82. The van der Waals surface area contributed by atoms with Gasteiger partial charge in [0, 0.05) is 16.7 Å². The fourth-order valence-electron chi connectivity index (χ4n) is 1.45. The molecule has 0 unspecified atom stereocenters. The Morgan fingerprint density at radius 3 is 2.88 bits per heavy atom. The van der Waals surface area contributed by atoms with Crippen molar-refractivity contribution in [1.82, 2.24) is 0 Å². The molecule has 1 atom stereocenters. The molecular weight excluding hydrogens is 220 g/mol. The maximum Gasteiger partial charge on any atom is 0.302 e. The van der Waals surface area contributed by atoms with E-state index in [2.05, 4.69) is 25.6 Å². The Morgan fingerprint density at radius 1 is 1.56 bits per heavy atom. The number of esters is 1. The minimum absolute atomic E-state index is 0.203. The van der Waals surface area contributed by atoms with E-state index >= 15 is 0 Å². The van der Waals surface area contributed by atoms with E-state index in [-0.39, 0.29) is 5.97 Å². The van der Waals surface area contributed by atoms with E-state index in [9.17, 15) is 4.79 Å². The van der Waals surface area contributed by atoms with Crippen LogP contribution in [0.25, 0.3) is 0 Å². The zero-order chi connectivity index (χ0) is 12.0. The quantitative estimate of drug-likeness (QED) is 0.562. The van der Waals surface area contributed by atoms with Gasteiger partial charge in [-0.2, -0.15) is 0 Å². The van der Waals surface area contributed by atoms with Gasteiger partial charge in [0.2, 0.25) is 0 Å². The minimum Gasteiger partial charge on any atom is -0.466 e. The van der Waals surface area contributed by atoms with Crippen LogP contribution >= 0.6 is 11.3 Å². The van der Waals surface area contributed by atoms with Gasteiger partial charge in [-0.1, -0.05) is 13.0 Å². The predicted octanol–water partition coefficient (Wildman–Crippen LogP) is 3.22. The monoisotopic (exact) mass is 238 g/mol. The first-order chi connectivity index (χ1) is 7.61. The van der Waals surface area contributed by atoms with Crippen molar-refractivity contribution >= 4 is 17.3 Å². The third-order valence-corrected chi connectivity index (χ3v) is 3.31. The molecule has 16 heavy (non-hydrogen) atoms. The maximum atomic E-state index is 10.7. The number of hydrogen-bond acceptors (Lipinski definition) is 3. The van der Waals surface area contributed by atoms with Gasteiger partial charge < -0.3 is 4.74 Å². The predicted molar refractivity (Wildman–Crippen MR) is 67.7 cm³/mol. The van der Waals surface area contributed by atoms with Gasteiger partial charge in [0.1, 0.15) is 0 Å². The average molecular weight is 238 g/mol. The van der Waals surface area contributed by atoms with E-state index < -0.39 is 0 Å². The van der Waals surface area contributed by atoms with E-state index in [1.54, 1.807) is 0 Å². The molecule has 0 saturated heterocycles. The topological polar surface area (TPSA) is 26.3 Å². The lowest BCUT2D eigenvalue weighted by Crippen LogP contribution is -2.10. The van der Waals surface area contributed by atoms with Crippen molar-refractivity contribution in [3.8, 4) is 0 Å². The number of carbonyl (C=O) groups excluding carboxylic acids is 1. The van der Waals surface area contributed by atoms with Gasteiger partial charge in [-0.15, -0.1) is 17.9 Å². The molecule has 1 aromatic rings. The van der Waals surface area contributed by atoms with Gasteiger partial charge >= 0.3 is 5.97 Å². The molecule has 1 rings (SSSR count). The smallest absolute Gasteiger partial charge is 0.302 e. The lowest BCUT2D eigenvalue weighted by atomic mass is 10.1. The van der Waals surface area contributed by atoms with Crippen LogP contribution in [0, 0.1) is 5.92 Å². The molecule has 0 aliphatic heterocycles. The summed E-state index contributed by atoms with van der Waals surface area (Å²) in [6, 6.07) is 4.29. The zero-order valence-corrected chi connectivity index (χ0v) is 10.7. The Bertz CT molecular complexity index is 355. The third-order valence-electron chi connectivity index (χ3n) is 2.18. The molecular formula is C13H18O2S. The summed E-state index contributed by atoms with van der Waals surface area (Å²) in [5, 5.41) is 0. The second kappa shape index (κ2) is 6.48. The van der Waals surface area contributed by atoms with Crippen molar-refractivity contribution in [1.29, 1.82) is 0 Å². The Morgan fingerprint density at radius 2 is 2.25 bits per heavy atom. The Labute approximate surface area is 101 Å². The Kier molecular flexibility index (Phi) is 5.26. The fourth-order valence-corrected chi connectivity index (χ4v) is 2.62. The highest BCUT2D eigenvalue weighted by molar-refractivity contribution is 7.12. The summed E-state index contributed by atoms with van der Waals surface area (Å²) in [5.74, 6) is 0.171.